The number of ether oxygens (including phenoxy) is 4. The first-order valence-electron chi connectivity index (χ1n) is 10.1. The number of alkyl halides is 3. The van der Waals surface area contributed by atoms with Gasteiger partial charge in [-0.15, -0.1) is 5.10 Å². The number of carbonyl (C=O) groups excluding carboxylic acids is 1. The highest BCUT2D eigenvalue weighted by Crippen LogP contribution is 2.30. The number of hydrogen-bond acceptors (Lipinski definition) is 8. The predicted molar refractivity (Wildman–Crippen MR) is 103 cm³/mol. The molecule has 1 aromatic heterocycles. The van der Waals surface area contributed by atoms with Gasteiger partial charge in [-0.25, -0.2) is 0 Å². The van der Waals surface area contributed by atoms with Crippen LogP contribution in [0.1, 0.15) is 37.3 Å². The zero-order chi connectivity index (χ0) is 23.0. The van der Waals surface area contributed by atoms with Crippen LogP contribution in [-0.4, -0.2) is 55.2 Å². The zero-order valence-electron chi connectivity index (χ0n) is 17.4. The van der Waals surface area contributed by atoms with E-state index in [1.165, 1.54) is 12.1 Å². The Balaban J connectivity index is 1.36. The van der Waals surface area contributed by atoms with E-state index in [2.05, 4.69) is 15.5 Å². The first-order valence-corrected chi connectivity index (χ1v) is 10.1. The Hall–Kier alpha value is -2.86. The van der Waals surface area contributed by atoms with Crippen LogP contribution in [0.2, 0.25) is 0 Å². The monoisotopic (exact) mass is 459 g/mol. The van der Waals surface area contributed by atoms with Gasteiger partial charge in [-0.1, -0.05) is 5.10 Å². The number of rotatable bonds is 10. The number of aromatic nitrogens is 2. The summed E-state index contributed by atoms with van der Waals surface area (Å²) in [5.41, 5.74) is -0.784. The molecule has 9 nitrogen and oxygen atoms in total. The third kappa shape index (κ3) is 7.09. The minimum Gasteiger partial charge on any atom is -0.484 e. The summed E-state index contributed by atoms with van der Waals surface area (Å²) in [6.45, 7) is 3.10. The number of halogens is 3. The van der Waals surface area contributed by atoms with E-state index < -0.39 is 23.8 Å². The molecule has 1 aliphatic heterocycles. The Bertz CT molecular complexity index is 851. The molecule has 2 aromatic rings. The fourth-order valence-corrected chi connectivity index (χ4v) is 2.96. The van der Waals surface area contributed by atoms with Crippen LogP contribution < -0.4 is 14.8 Å². The summed E-state index contributed by atoms with van der Waals surface area (Å²) in [7, 11) is 0. The lowest BCUT2D eigenvalue weighted by Gasteiger charge is -2.27. The van der Waals surface area contributed by atoms with Crippen LogP contribution in [0.3, 0.4) is 0 Å². The summed E-state index contributed by atoms with van der Waals surface area (Å²) in [6, 6.07) is 3.90. The number of carbonyl (C=O) groups is 1. The second kappa shape index (κ2) is 11.1. The minimum atomic E-state index is -4.42. The SMILES string of the molecule is CCOCCOc1nnc([C@@H]2CC[C@@H](NC(=O)COc3ccc(C(F)(F)F)cc3)CO2)o1. The molecule has 1 saturated heterocycles. The number of benzene rings is 1. The van der Waals surface area contributed by atoms with Crippen molar-refractivity contribution in [1.82, 2.24) is 15.5 Å². The average Bonchev–Trinajstić information content (AvgIpc) is 3.24. The van der Waals surface area contributed by atoms with Gasteiger partial charge in [0.25, 0.3) is 5.91 Å². The van der Waals surface area contributed by atoms with E-state index in [1.807, 2.05) is 6.92 Å². The van der Waals surface area contributed by atoms with Gasteiger partial charge in [-0.3, -0.25) is 4.79 Å². The Morgan fingerprint density at radius 1 is 1.16 bits per heavy atom. The van der Waals surface area contributed by atoms with Crippen LogP contribution in [0, 0.1) is 0 Å². The molecule has 1 aliphatic rings. The van der Waals surface area contributed by atoms with E-state index in [4.69, 9.17) is 23.4 Å². The highest BCUT2D eigenvalue weighted by atomic mass is 19.4. The summed E-state index contributed by atoms with van der Waals surface area (Å²) in [5.74, 6) is 0.0651. The van der Waals surface area contributed by atoms with Gasteiger partial charge in [0.1, 0.15) is 18.5 Å². The normalized spacial score (nSPS) is 18.9. The maximum absolute atomic E-state index is 12.6. The van der Waals surface area contributed by atoms with E-state index in [9.17, 15) is 18.0 Å². The topological polar surface area (TPSA) is 105 Å². The molecule has 1 fully saturated rings. The van der Waals surface area contributed by atoms with E-state index >= 15 is 0 Å². The molecular weight excluding hydrogens is 435 g/mol. The van der Waals surface area contributed by atoms with Crippen molar-refractivity contribution in [2.24, 2.45) is 0 Å². The van der Waals surface area contributed by atoms with E-state index in [1.54, 1.807) is 0 Å². The fraction of sp³-hybridized carbons (Fsp3) is 0.550. The van der Waals surface area contributed by atoms with Crippen molar-refractivity contribution < 1.29 is 41.3 Å². The number of nitrogens with zero attached hydrogens (tertiary/aromatic N) is 2. The van der Waals surface area contributed by atoms with E-state index in [0.29, 0.717) is 38.6 Å². The van der Waals surface area contributed by atoms with Crippen LogP contribution in [0.4, 0.5) is 13.2 Å². The molecule has 0 saturated carbocycles. The smallest absolute Gasteiger partial charge is 0.416 e. The third-order valence-electron chi connectivity index (χ3n) is 4.55. The maximum atomic E-state index is 12.6. The van der Waals surface area contributed by atoms with Crippen LogP contribution in [0.25, 0.3) is 0 Å². The van der Waals surface area contributed by atoms with Gasteiger partial charge < -0.3 is 28.7 Å². The molecule has 2 atom stereocenters. The molecule has 12 heteroatoms. The molecule has 1 N–H and O–H groups in total. The molecular formula is C20H24F3N3O6. The highest BCUT2D eigenvalue weighted by molar-refractivity contribution is 5.77. The van der Waals surface area contributed by atoms with E-state index in [-0.39, 0.29) is 31.1 Å². The van der Waals surface area contributed by atoms with Gasteiger partial charge in [0.15, 0.2) is 6.61 Å². The largest absolute Gasteiger partial charge is 0.484 e. The summed E-state index contributed by atoms with van der Waals surface area (Å²) >= 11 is 0. The Morgan fingerprint density at radius 3 is 2.59 bits per heavy atom. The van der Waals surface area contributed by atoms with Gasteiger partial charge in [0.2, 0.25) is 5.89 Å². The Labute approximate surface area is 182 Å². The fourth-order valence-electron chi connectivity index (χ4n) is 2.96. The summed E-state index contributed by atoms with van der Waals surface area (Å²) < 4.78 is 64.5. The molecule has 32 heavy (non-hydrogen) atoms. The van der Waals surface area contributed by atoms with Crippen molar-refractivity contribution in [2.75, 3.05) is 33.0 Å². The van der Waals surface area contributed by atoms with Gasteiger partial charge >= 0.3 is 12.3 Å². The second-order valence-corrected chi connectivity index (χ2v) is 6.93. The molecule has 0 unspecified atom stereocenters. The van der Waals surface area contributed by atoms with Crippen molar-refractivity contribution in [1.29, 1.82) is 0 Å². The lowest BCUT2D eigenvalue weighted by molar-refractivity contribution is -0.137. The number of hydrogen-bond donors (Lipinski definition) is 1. The van der Waals surface area contributed by atoms with Crippen molar-refractivity contribution in [2.45, 2.75) is 38.1 Å². The third-order valence-corrected chi connectivity index (χ3v) is 4.55. The second-order valence-electron chi connectivity index (χ2n) is 6.93. The number of nitrogens with one attached hydrogen (secondary N) is 1. The molecule has 0 radical (unpaired) electrons. The van der Waals surface area contributed by atoms with Crippen molar-refractivity contribution in [3.63, 3.8) is 0 Å². The van der Waals surface area contributed by atoms with Crippen molar-refractivity contribution in [3.8, 4) is 11.8 Å². The van der Waals surface area contributed by atoms with Gasteiger partial charge in [0.05, 0.1) is 24.8 Å². The molecule has 0 spiro atoms. The van der Waals surface area contributed by atoms with Crippen LogP contribution >= 0.6 is 0 Å². The van der Waals surface area contributed by atoms with Crippen molar-refractivity contribution in [3.05, 3.63) is 35.7 Å². The molecule has 3 rings (SSSR count). The molecule has 0 bridgehead atoms. The molecule has 0 aliphatic carbocycles. The van der Waals surface area contributed by atoms with Crippen LogP contribution in [0.15, 0.2) is 28.7 Å². The summed E-state index contributed by atoms with van der Waals surface area (Å²) in [5, 5.41) is 10.5. The van der Waals surface area contributed by atoms with Crippen LogP contribution in [0.5, 0.6) is 11.8 Å². The van der Waals surface area contributed by atoms with Gasteiger partial charge in [-0.05, 0) is 44.0 Å². The highest BCUT2D eigenvalue weighted by Gasteiger charge is 2.30. The Kier molecular flexibility index (Phi) is 8.28. The quantitative estimate of drug-likeness (QED) is 0.541. The minimum absolute atomic E-state index is 0.0409. The first kappa shape index (κ1) is 23.8. The van der Waals surface area contributed by atoms with Gasteiger partial charge in [-0.2, -0.15) is 13.2 Å². The zero-order valence-corrected chi connectivity index (χ0v) is 17.4. The van der Waals surface area contributed by atoms with Crippen LogP contribution in [-0.2, 0) is 20.4 Å². The van der Waals surface area contributed by atoms with Crippen molar-refractivity contribution >= 4 is 5.91 Å². The molecule has 2 heterocycles. The predicted octanol–water partition coefficient (Wildman–Crippen LogP) is 2.92. The number of amides is 1. The lowest BCUT2D eigenvalue weighted by Crippen LogP contribution is -2.43. The summed E-state index contributed by atoms with van der Waals surface area (Å²) in [6.07, 6.45) is -3.62. The lowest BCUT2D eigenvalue weighted by atomic mass is 10.1. The first-order chi connectivity index (χ1) is 15.3. The molecule has 176 valence electrons. The molecule has 1 aromatic carbocycles. The Morgan fingerprint density at radius 2 is 1.94 bits per heavy atom. The molecule has 1 amide bonds. The maximum Gasteiger partial charge on any atom is 0.416 e. The average molecular weight is 459 g/mol. The standard InChI is InChI=1S/C20H24F3N3O6/c1-2-28-9-10-29-19-26-25-18(32-19)16-8-5-14(11-31-16)24-17(27)12-30-15-6-3-13(4-7-15)20(21,22)23/h3-4,6-7,14,16H,2,5,8-12H2,1H3,(H,24,27)/t14-,16+/m1/s1. The summed E-state index contributed by atoms with van der Waals surface area (Å²) in [4.78, 5) is 12.1. The van der Waals surface area contributed by atoms with Gasteiger partial charge in [0, 0.05) is 6.61 Å². The van der Waals surface area contributed by atoms with E-state index in [0.717, 1.165) is 12.1 Å².